The lowest BCUT2D eigenvalue weighted by atomic mass is 10.1. The highest BCUT2D eigenvalue weighted by Crippen LogP contribution is 2.11. The maximum Gasteiger partial charge on any atom is 0.275 e. The summed E-state index contributed by atoms with van der Waals surface area (Å²) in [5.74, 6) is -1.76. The molecule has 0 aliphatic rings. The maximum atomic E-state index is 8.55. The summed E-state index contributed by atoms with van der Waals surface area (Å²) in [7, 11) is 0. The summed E-state index contributed by atoms with van der Waals surface area (Å²) >= 11 is 5.50. The van der Waals surface area contributed by atoms with Gasteiger partial charge in [-0.15, -0.1) is 11.6 Å². The number of unbranched alkanes of at least 4 members (excludes halogenated alkanes) is 5. The van der Waals surface area contributed by atoms with Gasteiger partial charge in [0.25, 0.3) is 5.97 Å². The largest absolute Gasteiger partial charge is 0.344 e. The SMILES string of the molecule is OC(O)(O)CCCCCCCCCl. The highest BCUT2D eigenvalue weighted by Gasteiger charge is 2.16. The summed E-state index contributed by atoms with van der Waals surface area (Å²) in [6.07, 6.45) is 5.96. The molecule has 0 heterocycles. The number of aliphatic hydroxyl groups is 3. The molecule has 0 rings (SSSR count). The molecule has 0 saturated heterocycles. The third-order valence-corrected chi connectivity index (χ3v) is 2.16. The van der Waals surface area contributed by atoms with Crippen LogP contribution >= 0.6 is 11.6 Å². The van der Waals surface area contributed by atoms with Gasteiger partial charge in [0.15, 0.2) is 0 Å². The van der Waals surface area contributed by atoms with E-state index >= 15 is 0 Å². The number of rotatable bonds is 8. The van der Waals surface area contributed by atoms with Crippen LogP contribution in [-0.4, -0.2) is 27.2 Å². The summed E-state index contributed by atoms with van der Waals surface area (Å²) in [4.78, 5) is 0. The van der Waals surface area contributed by atoms with Crippen LogP contribution in [0, 0.1) is 0 Å². The topological polar surface area (TPSA) is 60.7 Å². The van der Waals surface area contributed by atoms with Crippen molar-refractivity contribution in [2.75, 3.05) is 5.88 Å². The van der Waals surface area contributed by atoms with Crippen molar-refractivity contribution in [3.05, 3.63) is 0 Å². The first-order valence-corrected chi connectivity index (χ1v) is 5.33. The highest BCUT2D eigenvalue weighted by atomic mass is 35.5. The van der Waals surface area contributed by atoms with E-state index in [1.54, 1.807) is 0 Å². The van der Waals surface area contributed by atoms with Crippen molar-refractivity contribution in [3.8, 4) is 0 Å². The molecule has 0 bridgehead atoms. The van der Waals surface area contributed by atoms with E-state index < -0.39 is 5.97 Å². The van der Waals surface area contributed by atoms with Gasteiger partial charge in [-0.2, -0.15) is 0 Å². The van der Waals surface area contributed by atoms with E-state index in [1.165, 1.54) is 0 Å². The molecule has 3 nitrogen and oxygen atoms in total. The zero-order valence-electron chi connectivity index (χ0n) is 7.88. The van der Waals surface area contributed by atoms with Crippen LogP contribution in [0.15, 0.2) is 0 Å². The van der Waals surface area contributed by atoms with Crippen LogP contribution in [0.25, 0.3) is 0 Å². The number of hydrogen-bond donors (Lipinski definition) is 3. The molecule has 0 aliphatic carbocycles. The second-order valence-corrected chi connectivity index (χ2v) is 3.71. The molecule has 0 aromatic heterocycles. The summed E-state index contributed by atoms with van der Waals surface area (Å²) in [6, 6.07) is 0. The van der Waals surface area contributed by atoms with E-state index in [0.29, 0.717) is 12.3 Å². The number of hydrogen-bond acceptors (Lipinski definition) is 3. The predicted molar refractivity (Wildman–Crippen MR) is 52.4 cm³/mol. The Balaban J connectivity index is 3.00. The Morgan fingerprint density at radius 3 is 1.69 bits per heavy atom. The van der Waals surface area contributed by atoms with Gasteiger partial charge in [0, 0.05) is 12.3 Å². The molecule has 0 fully saturated rings. The normalized spacial score (nSPS) is 12.0. The van der Waals surface area contributed by atoms with Crippen LogP contribution < -0.4 is 0 Å². The lowest BCUT2D eigenvalue weighted by Crippen LogP contribution is -2.26. The third kappa shape index (κ3) is 12.2. The van der Waals surface area contributed by atoms with Gasteiger partial charge < -0.3 is 15.3 Å². The second kappa shape index (κ2) is 7.56. The molecule has 0 radical (unpaired) electrons. The van der Waals surface area contributed by atoms with Gasteiger partial charge in [0.1, 0.15) is 0 Å². The molecule has 0 aromatic rings. The molecule has 80 valence electrons. The Kier molecular flexibility index (Phi) is 7.66. The molecule has 0 saturated carbocycles. The Morgan fingerprint density at radius 2 is 1.23 bits per heavy atom. The number of alkyl halides is 1. The summed E-state index contributed by atoms with van der Waals surface area (Å²) < 4.78 is 0. The van der Waals surface area contributed by atoms with Crippen molar-refractivity contribution in [2.45, 2.75) is 50.9 Å². The van der Waals surface area contributed by atoms with Gasteiger partial charge in [0.05, 0.1) is 0 Å². The fourth-order valence-electron chi connectivity index (χ4n) is 1.16. The maximum absolute atomic E-state index is 8.55. The van der Waals surface area contributed by atoms with Gasteiger partial charge in [0.2, 0.25) is 0 Å². The standard InChI is InChI=1S/C9H19ClO3/c10-8-6-4-2-1-3-5-7-9(11,12)13/h11-13H,1-8H2. The van der Waals surface area contributed by atoms with Gasteiger partial charge in [-0.3, -0.25) is 0 Å². The van der Waals surface area contributed by atoms with Gasteiger partial charge in [-0.05, 0) is 12.8 Å². The molecule has 0 unspecified atom stereocenters. The number of halogens is 1. The highest BCUT2D eigenvalue weighted by molar-refractivity contribution is 6.17. The second-order valence-electron chi connectivity index (χ2n) is 3.33. The first-order valence-electron chi connectivity index (χ1n) is 4.79. The van der Waals surface area contributed by atoms with Crippen LogP contribution in [0.4, 0.5) is 0 Å². The van der Waals surface area contributed by atoms with Crippen LogP contribution in [0.5, 0.6) is 0 Å². The molecule has 4 heteroatoms. The molecular weight excluding hydrogens is 192 g/mol. The van der Waals surface area contributed by atoms with Crippen molar-refractivity contribution >= 4 is 11.6 Å². The van der Waals surface area contributed by atoms with E-state index in [9.17, 15) is 0 Å². The molecular formula is C9H19ClO3. The molecule has 0 atom stereocenters. The van der Waals surface area contributed by atoms with Gasteiger partial charge in [-0.25, -0.2) is 0 Å². The van der Waals surface area contributed by atoms with Crippen molar-refractivity contribution in [2.24, 2.45) is 0 Å². The quantitative estimate of drug-likeness (QED) is 0.324. The summed E-state index contributed by atoms with van der Waals surface area (Å²) in [6.45, 7) is 0. The van der Waals surface area contributed by atoms with Crippen LogP contribution in [-0.2, 0) is 0 Å². The molecule has 0 spiro atoms. The molecule has 0 aliphatic heterocycles. The Hall–Kier alpha value is 0.170. The first-order chi connectivity index (χ1) is 6.06. The van der Waals surface area contributed by atoms with Gasteiger partial charge >= 0.3 is 0 Å². The minimum atomic E-state index is -2.48. The minimum absolute atomic E-state index is 0.0303. The summed E-state index contributed by atoms with van der Waals surface area (Å²) in [5, 5.41) is 25.7. The zero-order chi connectivity index (χ0) is 10.2. The first kappa shape index (κ1) is 13.2. The third-order valence-electron chi connectivity index (χ3n) is 1.90. The van der Waals surface area contributed by atoms with Crippen molar-refractivity contribution < 1.29 is 15.3 Å². The van der Waals surface area contributed by atoms with E-state index in [-0.39, 0.29) is 6.42 Å². The van der Waals surface area contributed by atoms with Gasteiger partial charge in [-0.1, -0.05) is 25.7 Å². The fourth-order valence-corrected chi connectivity index (χ4v) is 1.35. The molecule has 0 aromatic carbocycles. The van der Waals surface area contributed by atoms with Crippen LogP contribution in [0.3, 0.4) is 0 Å². The molecule has 13 heavy (non-hydrogen) atoms. The van der Waals surface area contributed by atoms with E-state index in [0.717, 1.165) is 32.1 Å². The predicted octanol–water partition coefficient (Wildman–Crippen LogP) is 1.59. The summed E-state index contributed by atoms with van der Waals surface area (Å²) in [5.41, 5.74) is 0. The van der Waals surface area contributed by atoms with E-state index in [2.05, 4.69) is 0 Å². The van der Waals surface area contributed by atoms with Crippen LogP contribution in [0.2, 0.25) is 0 Å². The average Bonchev–Trinajstić information content (AvgIpc) is 2.01. The Bertz CT molecular complexity index is 112. The van der Waals surface area contributed by atoms with Crippen molar-refractivity contribution in [3.63, 3.8) is 0 Å². The lowest BCUT2D eigenvalue weighted by molar-refractivity contribution is -0.315. The monoisotopic (exact) mass is 210 g/mol. The molecule has 0 amide bonds. The van der Waals surface area contributed by atoms with E-state index in [4.69, 9.17) is 26.9 Å². The molecule has 3 N–H and O–H groups in total. The van der Waals surface area contributed by atoms with Crippen molar-refractivity contribution in [1.29, 1.82) is 0 Å². The Labute approximate surface area is 84.3 Å². The minimum Gasteiger partial charge on any atom is -0.344 e. The average molecular weight is 211 g/mol. The van der Waals surface area contributed by atoms with E-state index in [1.807, 2.05) is 0 Å². The van der Waals surface area contributed by atoms with Crippen molar-refractivity contribution in [1.82, 2.24) is 0 Å². The fraction of sp³-hybridized carbons (Fsp3) is 1.00. The smallest absolute Gasteiger partial charge is 0.275 e. The zero-order valence-corrected chi connectivity index (χ0v) is 8.63. The lowest BCUT2D eigenvalue weighted by Gasteiger charge is -2.12. The Morgan fingerprint density at radius 1 is 0.769 bits per heavy atom. The van der Waals surface area contributed by atoms with Crippen LogP contribution in [0.1, 0.15) is 44.9 Å².